The van der Waals surface area contributed by atoms with Crippen LogP contribution in [0.25, 0.3) is 11.5 Å². The largest absolute Gasteiger partial charge is 0.403 e. The third kappa shape index (κ3) is 3.76. The van der Waals surface area contributed by atoms with Crippen LogP contribution < -0.4 is 16.6 Å². The predicted molar refractivity (Wildman–Crippen MR) is 107 cm³/mol. The van der Waals surface area contributed by atoms with Crippen molar-refractivity contribution in [3.05, 3.63) is 74.9 Å². The van der Waals surface area contributed by atoms with Crippen molar-refractivity contribution in [1.29, 1.82) is 0 Å². The lowest BCUT2D eigenvalue weighted by atomic mass is 10.0. The summed E-state index contributed by atoms with van der Waals surface area (Å²) in [5.74, 6) is -0.738. The molecule has 152 valence electrons. The second-order valence-corrected chi connectivity index (χ2v) is 6.92. The molecular formula is C18H12BrF2N7O2. The Balaban J connectivity index is 1.93. The van der Waals surface area contributed by atoms with Crippen molar-refractivity contribution < 1.29 is 13.2 Å². The molecule has 4 aromatic rings. The van der Waals surface area contributed by atoms with Gasteiger partial charge in [0.2, 0.25) is 0 Å². The number of nitrogens with two attached hydrogens (primary N) is 1. The first kappa shape index (κ1) is 19.6. The molecule has 0 saturated carbocycles. The van der Waals surface area contributed by atoms with Gasteiger partial charge in [-0.25, -0.2) is 8.78 Å². The Labute approximate surface area is 175 Å². The van der Waals surface area contributed by atoms with Crippen molar-refractivity contribution in [2.75, 3.05) is 11.1 Å². The van der Waals surface area contributed by atoms with Crippen LogP contribution in [0.4, 0.5) is 26.2 Å². The zero-order chi connectivity index (χ0) is 21.3. The number of rotatable bonds is 5. The summed E-state index contributed by atoms with van der Waals surface area (Å²) in [6, 6.07) is 3.99. The number of nitrogens with zero attached hydrogens (tertiary/aromatic N) is 4. The molecule has 9 nitrogen and oxygen atoms in total. The van der Waals surface area contributed by atoms with Gasteiger partial charge in [-0.1, -0.05) is 21.0 Å². The molecule has 0 amide bonds. The van der Waals surface area contributed by atoms with E-state index in [1.165, 1.54) is 36.9 Å². The van der Waals surface area contributed by atoms with Gasteiger partial charge >= 0.3 is 6.01 Å². The van der Waals surface area contributed by atoms with Gasteiger partial charge in [0.05, 0.1) is 34.4 Å². The molecular weight excluding hydrogens is 464 g/mol. The Kier molecular flexibility index (Phi) is 5.23. The van der Waals surface area contributed by atoms with Gasteiger partial charge in [0.1, 0.15) is 5.82 Å². The molecule has 3 heterocycles. The summed E-state index contributed by atoms with van der Waals surface area (Å²) in [4.78, 5) is 22.8. The maximum absolute atomic E-state index is 15.4. The summed E-state index contributed by atoms with van der Waals surface area (Å²) in [5.41, 5.74) is 4.28. The Morgan fingerprint density at radius 1 is 1.27 bits per heavy atom. The van der Waals surface area contributed by atoms with E-state index in [2.05, 4.69) is 46.4 Å². The number of benzene rings is 1. The zero-order valence-electron chi connectivity index (χ0n) is 14.9. The van der Waals surface area contributed by atoms with Crippen molar-refractivity contribution in [1.82, 2.24) is 25.1 Å². The summed E-state index contributed by atoms with van der Waals surface area (Å²) in [7, 11) is 0. The van der Waals surface area contributed by atoms with Crippen LogP contribution in [0.15, 0.2) is 56.7 Å². The fourth-order valence-corrected chi connectivity index (χ4v) is 3.08. The SMILES string of the molecule is Nc1nnc(-c2c[nH]c(=O)c(C(F)c3cnccn3)c2Nc2ccc(Br)cc2F)o1. The number of pyridine rings is 1. The number of H-pyrrole nitrogens is 1. The lowest BCUT2D eigenvalue weighted by Crippen LogP contribution is -2.19. The number of alkyl halides is 1. The highest BCUT2D eigenvalue weighted by molar-refractivity contribution is 9.10. The van der Waals surface area contributed by atoms with Crippen LogP contribution in [0.2, 0.25) is 0 Å². The van der Waals surface area contributed by atoms with E-state index in [4.69, 9.17) is 10.2 Å². The summed E-state index contributed by atoms with van der Waals surface area (Å²) in [6.07, 6.45) is 3.10. The van der Waals surface area contributed by atoms with Crippen LogP contribution in [0, 0.1) is 5.82 Å². The number of hydrogen-bond acceptors (Lipinski definition) is 8. The quantitative estimate of drug-likeness (QED) is 0.398. The molecule has 1 atom stereocenters. The van der Waals surface area contributed by atoms with Gasteiger partial charge < -0.3 is 20.5 Å². The van der Waals surface area contributed by atoms with E-state index in [-0.39, 0.29) is 40.1 Å². The number of nitrogen functional groups attached to an aromatic ring is 1. The molecule has 1 aromatic carbocycles. The van der Waals surface area contributed by atoms with E-state index in [9.17, 15) is 9.18 Å². The topological polar surface area (TPSA) is 136 Å². The van der Waals surface area contributed by atoms with Crippen LogP contribution in [-0.4, -0.2) is 25.1 Å². The molecule has 0 aliphatic rings. The summed E-state index contributed by atoms with van der Waals surface area (Å²) in [5, 5.41) is 10.1. The first-order chi connectivity index (χ1) is 14.4. The monoisotopic (exact) mass is 475 g/mol. The molecule has 0 aliphatic heterocycles. The molecule has 0 radical (unpaired) electrons. The molecule has 30 heavy (non-hydrogen) atoms. The second-order valence-electron chi connectivity index (χ2n) is 6.01. The molecule has 4 N–H and O–H groups in total. The lowest BCUT2D eigenvalue weighted by Gasteiger charge is -2.17. The number of aromatic nitrogens is 5. The van der Waals surface area contributed by atoms with E-state index in [1.807, 2.05) is 0 Å². The summed E-state index contributed by atoms with van der Waals surface area (Å²) in [6.45, 7) is 0. The smallest absolute Gasteiger partial charge is 0.313 e. The van der Waals surface area contributed by atoms with Crippen molar-refractivity contribution >= 4 is 33.3 Å². The molecule has 0 saturated heterocycles. The van der Waals surface area contributed by atoms with Crippen LogP contribution in [-0.2, 0) is 0 Å². The summed E-state index contributed by atoms with van der Waals surface area (Å²) >= 11 is 3.17. The Morgan fingerprint density at radius 3 is 2.77 bits per heavy atom. The van der Waals surface area contributed by atoms with Gasteiger partial charge in [-0.3, -0.25) is 14.8 Å². The summed E-state index contributed by atoms with van der Waals surface area (Å²) < 4.78 is 35.6. The van der Waals surface area contributed by atoms with Gasteiger partial charge in [-0.2, -0.15) is 0 Å². The highest BCUT2D eigenvalue weighted by atomic mass is 79.9. The van der Waals surface area contributed by atoms with Gasteiger partial charge in [0, 0.05) is 23.1 Å². The minimum absolute atomic E-state index is 0.00914. The van der Waals surface area contributed by atoms with Gasteiger partial charge in [0.15, 0.2) is 6.17 Å². The first-order valence-corrected chi connectivity index (χ1v) is 9.20. The number of aromatic amines is 1. The highest BCUT2D eigenvalue weighted by Crippen LogP contribution is 2.37. The Bertz CT molecular complexity index is 1260. The van der Waals surface area contributed by atoms with Crippen molar-refractivity contribution in [3.63, 3.8) is 0 Å². The third-order valence-corrected chi connectivity index (χ3v) is 4.58. The number of nitrogens with one attached hydrogen (secondary N) is 2. The molecule has 3 aromatic heterocycles. The van der Waals surface area contributed by atoms with Crippen LogP contribution in [0.1, 0.15) is 17.4 Å². The van der Waals surface area contributed by atoms with Gasteiger partial charge in [-0.15, -0.1) is 5.10 Å². The van der Waals surface area contributed by atoms with E-state index in [0.29, 0.717) is 4.47 Å². The third-order valence-electron chi connectivity index (χ3n) is 4.09. The van der Waals surface area contributed by atoms with Gasteiger partial charge in [-0.05, 0) is 18.2 Å². The van der Waals surface area contributed by atoms with Crippen molar-refractivity contribution in [3.8, 4) is 11.5 Å². The molecule has 0 spiro atoms. The lowest BCUT2D eigenvalue weighted by molar-refractivity contribution is 0.390. The van der Waals surface area contributed by atoms with Crippen LogP contribution >= 0.6 is 15.9 Å². The molecule has 0 aliphatic carbocycles. The van der Waals surface area contributed by atoms with E-state index >= 15 is 4.39 Å². The molecule has 0 fully saturated rings. The molecule has 4 rings (SSSR count). The minimum Gasteiger partial charge on any atom is -0.403 e. The number of hydrogen-bond donors (Lipinski definition) is 3. The maximum Gasteiger partial charge on any atom is 0.313 e. The standard InChI is InChI=1S/C18H12BrF2N7O2/c19-8-1-2-11(10(20)5-8)26-15-9(17-27-28-18(22)30-17)6-25-16(29)13(15)14(21)12-7-23-3-4-24-12/h1-7,14H,(H2,22,28)(H2,25,26,29). The molecule has 1 unspecified atom stereocenters. The number of anilines is 3. The van der Waals surface area contributed by atoms with E-state index < -0.39 is 17.5 Å². The average Bonchev–Trinajstić information content (AvgIpc) is 3.16. The van der Waals surface area contributed by atoms with Crippen LogP contribution in [0.3, 0.4) is 0 Å². The minimum atomic E-state index is -1.98. The Hall–Kier alpha value is -3.67. The predicted octanol–water partition coefficient (Wildman–Crippen LogP) is 3.50. The second kappa shape index (κ2) is 7.99. The fourth-order valence-electron chi connectivity index (χ4n) is 2.75. The first-order valence-electron chi connectivity index (χ1n) is 8.41. The van der Waals surface area contributed by atoms with E-state index in [0.717, 1.165) is 0 Å². The van der Waals surface area contributed by atoms with Crippen molar-refractivity contribution in [2.24, 2.45) is 0 Å². The number of halogens is 3. The fraction of sp³-hybridized carbons (Fsp3) is 0.0556. The van der Waals surface area contributed by atoms with Crippen molar-refractivity contribution in [2.45, 2.75) is 6.17 Å². The molecule has 0 bridgehead atoms. The van der Waals surface area contributed by atoms with Crippen LogP contribution in [0.5, 0.6) is 0 Å². The Morgan fingerprint density at radius 2 is 2.10 bits per heavy atom. The average molecular weight is 476 g/mol. The zero-order valence-corrected chi connectivity index (χ0v) is 16.5. The van der Waals surface area contributed by atoms with Gasteiger partial charge in [0.25, 0.3) is 11.4 Å². The molecule has 12 heteroatoms. The normalized spacial score (nSPS) is 12.0. The maximum atomic E-state index is 15.4. The van der Waals surface area contributed by atoms with E-state index in [1.54, 1.807) is 6.07 Å². The highest BCUT2D eigenvalue weighted by Gasteiger charge is 2.27.